The van der Waals surface area contributed by atoms with Crippen molar-refractivity contribution in [3.8, 4) is 11.8 Å². The van der Waals surface area contributed by atoms with Crippen molar-refractivity contribution in [3.63, 3.8) is 0 Å². The lowest BCUT2D eigenvalue weighted by Crippen LogP contribution is -2.37. The highest BCUT2D eigenvalue weighted by Gasteiger charge is 2.48. The molecule has 0 aliphatic carbocycles. The van der Waals surface area contributed by atoms with Crippen LogP contribution in [0, 0.1) is 11.3 Å². The van der Waals surface area contributed by atoms with Crippen molar-refractivity contribution in [2.45, 2.75) is 31.6 Å². The lowest BCUT2D eigenvalue weighted by atomic mass is 9.78. The van der Waals surface area contributed by atoms with Gasteiger partial charge in [0.25, 0.3) is 0 Å². The smallest absolute Gasteiger partial charge is 0.139 e. The first-order chi connectivity index (χ1) is 13.2. The minimum Gasteiger partial charge on any atom is -0.497 e. The number of hydrogen-bond acceptors (Lipinski definition) is 4. The zero-order valence-electron chi connectivity index (χ0n) is 15.8. The van der Waals surface area contributed by atoms with Gasteiger partial charge in [0.15, 0.2) is 0 Å². The Bertz CT molecular complexity index is 980. The SMILES string of the molecule is CCC(n1ccnc1)C1(c2ccc(OC)cc2)OCc2cc(C#N)ccc21.Cl. The van der Waals surface area contributed by atoms with Crippen molar-refractivity contribution in [1.29, 1.82) is 5.26 Å². The largest absolute Gasteiger partial charge is 0.497 e. The molecule has 1 aliphatic rings. The quantitative estimate of drug-likeness (QED) is 0.632. The number of rotatable bonds is 5. The van der Waals surface area contributed by atoms with Crippen LogP contribution < -0.4 is 4.74 Å². The van der Waals surface area contributed by atoms with E-state index in [0.717, 1.165) is 28.9 Å². The van der Waals surface area contributed by atoms with E-state index >= 15 is 0 Å². The van der Waals surface area contributed by atoms with Gasteiger partial charge in [-0.05, 0) is 47.4 Å². The van der Waals surface area contributed by atoms with E-state index in [1.165, 1.54) is 0 Å². The van der Waals surface area contributed by atoms with Gasteiger partial charge in [0.1, 0.15) is 11.4 Å². The van der Waals surface area contributed by atoms with Gasteiger partial charge in [-0.1, -0.05) is 25.1 Å². The molecular weight excluding hydrogens is 374 g/mol. The molecule has 3 aromatic rings. The summed E-state index contributed by atoms with van der Waals surface area (Å²) >= 11 is 0. The van der Waals surface area contributed by atoms with Gasteiger partial charge in [0.05, 0.1) is 37.7 Å². The summed E-state index contributed by atoms with van der Waals surface area (Å²) in [5, 5.41) is 9.26. The summed E-state index contributed by atoms with van der Waals surface area (Å²) in [5.41, 5.74) is 3.23. The third-order valence-corrected chi connectivity index (χ3v) is 5.35. The van der Waals surface area contributed by atoms with E-state index < -0.39 is 5.60 Å². The van der Waals surface area contributed by atoms with Gasteiger partial charge in [-0.2, -0.15) is 5.26 Å². The average Bonchev–Trinajstić information content (AvgIpc) is 3.38. The molecule has 2 atom stereocenters. The molecule has 1 aromatic heterocycles. The molecule has 0 bridgehead atoms. The lowest BCUT2D eigenvalue weighted by molar-refractivity contribution is -0.0462. The maximum absolute atomic E-state index is 9.26. The number of aromatic nitrogens is 2. The maximum atomic E-state index is 9.26. The lowest BCUT2D eigenvalue weighted by Gasteiger charge is -2.38. The van der Waals surface area contributed by atoms with Gasteiger partial charge in [0, 0.05) is 12.4 Å². The Balaban J connectivity index is 0.00000225. The van der Waals surface area contributed by atoms with Crippen molar-refractivity contribution >= 4 is 12.4 Å². The Morgan fingerprint density at radius 1 is 1.29 bits per heavy atom. The van der Waals surface area contributed by atoms with E-state index in [-0.39, 0.29) is 18.4 Å². The number of halogens is 1. The number of nitriles is 1. The van der Waals surface area contributed by atoms with Crippen LogP contribution in [0.25, 0.3) is 0 Å². The first kappa shape index (κ1) is 19.9. The molecule has 0 amide bonds. The van der Waals surface area contributed by atoms with Gasteiger partial charge in [0.2, 0.25) is 0 Å². The predicted molar refractivity (Wildman–Crippen MR) is 109 cm³/mol. The summed E-state index contributed by atoms with van der Waals surface area (Å²) in [6, 6.07) is 16.1. The fourth-order valence-corrected chi connectivity index (χ4v) is 4.12. The van der Waals surface area contributed by atoms with Gasteiger partial charge in [-0.25, -0.2) is 4.98 Å². The number of benzene rings is 2. The molecule has 0 fully saturated rings. The predicted octanol–water partition coefficient (Wildman–Crippen LogP) is 4.61. The Morgan fingerprint density at radius 2 is 2.07 bits per heavy atom. The van der Waals surface area contributed by atoms with Crippen LogP contribution >= 0.6 is 12.4 Å². The maximum Gasteiger partial charge on any atom is 0.139 e. The van der Waals surface area contributed by atoms with Gasteiger partial charge in [-0.15, -0.1) is 12.4 Å². The van der Waals surface area contributed by atoms with Gasteiger partial charge < -0.3 is 14.0 Å². The molecule has 1 aliphatic heterocycles. The number of ether oxygens (including phenoxy) is 2. The molecule has 5 nitrogen and oxygen atoms in total. The molecule has 28 heavy (non-hydrogen) atoms. The summed E-state index contributed by atoms with van der Waals surface area (Å²) in [6.07, 6.45) is 6.47. The molecule has 2 unspecified atom stereocenters. The monoisotopic (exact) mass is 395 g/mol. The van der Waals surface area contributed by atoms with Crippen LogP contribution in [0.2, 0.25) is 0 Å². The van der Waals surface area contributed by atoms with Crippen molar-refractivity contribution in [1.82, 2.24) is 9.55 Å². The number of methoxy groups -OCH3 is 1. The van der Waals surface area contributed by atoms with Crippen LogP contribution in [0.3, 0.4) is 0 Å². The molecule has 144 valence electrons. The first-order valence-corrected chi connectivity index (χ1v) is 9.02. The summed E-state index contributed by atoms with van der Waals surface area (Å²) < 4.78 is 14.0. The van der Waals surface area contributed by atoms with E-state index in [9.17, 15) is 5.26 Å². The molecule has 0 N–H and O–H groups in total. The third kappa shape index (κ3) is 3.05. The summed E-state index contributed by atoms with van der Waals surface area (Å²) in [6.45, 7) is 2.63. The zero-order chi connectivity index (χ0) is 18.9. The average molecular weight is 396 g/mol. The van der Waals surface area contributed by atoms with Crippen molar-refractivity contribution in [2.75, 3.05) is 7.11 Å². The minimum absolute atomic E-state index is 0. The van der Waals surface area contributed by atoms with E-state index in [1.807, 2.05) is 42.9 Å². The molecule has 0 spiro atoms. The zero-order valence-corrected chi connectivity index (χ0v) is 16.6. The highest BCUT2D eigenvalue weighted by atomic mass is 35.5. The molecule has 2 aromatic carbocycles. The Hall–Kier alpha value is -2.81. The Kier molecular flexibility index (Phi) is 5.73. The standard InChI is InChI=1S/C22H21N3O2.ClH/c1-3-21(25-11-10-24-15-25)22(18-5-7-19(26-2)8-6-18)20-9-4-16(13-23)12-17(20)14-27-22;/h4-12,15,21H,3,14H2,1-2H3;1H. The second-order valence-corrected chi connectivity index (χ2v) is 6.67. The van der Waals surface area contributed by atoms with E-state index in [2.05, 4.69) is 34.7 Å². The van der Waals surface area contributed by atoms with E-state index in [0.29, 0.717) is 12.2 Å². The summed E-state index contributed by atoms with van der Waals surface area (Å²) in [7, 11) is 1.66. The molecular formula is C22H22ClN3O2. The summed E-state index contributed by atoms with van der Waals surface area (Å²) in [5.74, 6) is 0.808. The highest BCUT2D eigenvalue weighted by Crippen LogP contribution is 2.50. The number of imidazole rings is 1. The van der Waals surface area contributed by atoms with Crippen LogP contribution in [-0.4, -0.2) is 16.7 Å². The van der Waals surface area contributed by atoms with Crippen LogP contribution in [0.15, 0.2) is 61.2 Å². The van der Waals surface area contributed by atoms with Crippen molar-refractivity contribution in [2.24, 2.45) is 0 Å². The second kappa shape index (κ2) is 8.05. The molecule has 0 saturated heterocycles. The molecule has 0 radical (unpaired) electrons. The Morgan fingerprint density at radius 3 is 2.68 bits per heavy atom. The fraction of sp³-hybridized carbons (Fsp3) is 0.273. The number of hydrogen-bond donors (Lipinski definition) is 0. The van der Waals surface area contributed by atoms with Crippen molar-refractivity contribution < 1.29 is 9.47 Å². The van der Waals surface area contributed by atoms with E-state index in [4.69, 9.17) is 9.47 Å². The summed E-state index contributed by atoms with van der Waals surface area (Å²) in [4.78, 5) is 4.24. The van der Waals surface area contributed by atoms with E-state index in [1.54, 1.807) is 13.3 Å². The molecule has 4 rings (SSSR count). The highest BCUT2D eigenvalue weighted by molar-refractivity contribution is 5.85. The minimum atomic E-state index is -0.648. The topological polar surface area (TPSA) is 60.1 Å². The number of nitrogens with zero attached hydrogens (tertiary/aromatic N) is 3. The molecule has 0 saturated carbocycles. The molecule has 2 heterocycles. The van der Waals surface area contributed by atoms with Crippen LogP contribution in [0.1, 0.15) is 41.6 Å². The third-order valence-electron chi connectivity index (χ3n) is 5.35. The molecule has 6 heteroatoms. The second-order valence-electron chi connectivity index (χ2n) is 6.67. The van der Waals surface area contributed by atoms with Crippen LogP contribution in [0.4, 0.5) is 0 Å². The first-order valence-electron chi connectivity index (χ1n) is 9.02. The normalized spacial score (nSPS) is 18.6. The fourth-order valence-electron chi connectivity index (χ4n) is 4.12. The Labute approximate surface area is 171 Å². The number of fused-ring (bicyclic) bond motifs is 1. The van der Waals surface area contributed by atoms with Crippen LogP contribution in [0.5, 0.6) is 5.75 Å². The van der Waals surface area contributed by atoms with Gasteiger partial charge in [-0.3, -0.25) is 0 Å². The van der Waals surface area contributed by atoms with Crippen LogP contribution in [-0.2, 0) is 16.9 Å². The van der Waals surface area contributed by atoms with Gasteiger partial charge >= 0.3 is 0 Å². The van der Waals surface area contributed by atoms with Crippen molar-refractivity contribution in [3.05, 3.63) is 83.4 Å².